The number of rotatable bonds is 2. The van der Waals surface area contributed by atoms with Gasteiger partial charge < -0.3 is 9.80 Å². The van der Waals surface area contributed by atoms with E-state index in [0.717, 1.165) is 5.92 Å². The molecule has 0 amide bonds. The van der Waals surface area contributed by atoms with Gasteiger partial charge in [0.05, 0.1) is 5.70 Å². The maximum Gasteiger partial charge on any atom is 0.108 e. The molecule has 2 atom stereocenters. The molecule has 0 spiro atoms. The van der Waals surface area contributed by atoms with Crippen LogP contribution in [0.3, 0.4) is 0 Å². The van der Waals surface area contributed by atoms with Crippen LogP contribution in [-0.2, 0) is 5.41 Å². The van der Waals surface area contributed by atoms with Crippen LogP contribution in [0.2, 0.25) is 0 Å². The van der Waals surface area contributed by atoms with Crippen LogP contribution < -0.4 is 9.80 Å². The summed E-state index contributed by atoms with van der Waals surface area (Å²) in [6.45, 7) is 9.49. The van der Waals surface area contributed by atoms with Crippen LogP contribution in [0, 0.1) is 12.8 Å². The second-order valence-corrected chi connectivity index (χ2v) is 9.15. The molecule has 5 rings (SSSR count). The van der Waals surface area contributed by atoms with Crippen molar-refractivity contribution in [1.82, 2.24) is 0 Å². The molecule has 146 valence electrons. The second-order valence-electron chi connectivity index (χ2n) is 9.15. The third-order valence-corrected chi connectivity index (χ3v) is 7.70. The first kappa shape index (κ1) is 17.8. The van der Waals surface area contributed by atoms with Crippen molar-refractivity contribution in [2.45, 2.75) is 71.4 Å². The minimum Gasteiger partial charge on any atom is -0.322 e. The van der Waals surface area contributed by atoms with Gasteiger partial charge in [-0.05, 0) is 69.7 Å². The molecule has 2 aromatic rings. The lowest BCUT2D eigenvalue weighted by Gasteiger charge is -2.39. The highest BCUT2D eigenvalue weighted by Gasteiger charge is 2.54. The van der Waals surface area contributed by atoms with Gasteiger partial charge in [-0.2, -0.15) is 0 Å². The molecule has 2 aromatic carbocycles. The Morgan fingerprint density at radius 3 is 2.18 bits per heavy atom. The normalized spacial score (nSPS) is 27.4. The van der Waals surface area contributed by atoms with E-state index in [0.29, 0.717) is 6.17 Å². The third-order valence-electron chi connectivity index (χ3n) is 7.70. The van der Waals surface area contributed by atoms with Gasteiger partial charge in [-0.1, -0.05) is 55.7 Å². The summed E-state index contributed by atoms with van der Waals surface area (Å²) in [7, 11) is 0. The number of fused-ring (bicyclic) bond motifs is 3. The van der Waals surface area contributed by atoms with Gasteiger partial charge in [0.2, 0.25) is 0 Å². The summed E-state index contributed by atoms with van der Waals surface area (Å²) in [6, 6.07) is 18.0. The van der Waals surface area contributed by atoms with Crippen molar-refractivity contribution in [3.8, 4) is 0 Å². The van der Waals surface area contributed by atoms with Gasteiger partial charge in [0, 0.05) is 22.5 Å². The largest absolute Gasteiger partial charge is 0.322 e. The van der Waals surface area contributed by atoms with E-state index >= 15 is 0 Å². The van der Waals surface area contributed by atoms with E-state index < -0.39 is 0 Å². The van der Waals surface area contributed by atoms with Gasteiger partial charge in [-0.25, -0.2) is 0 Å². The number of nitrogens with zero attached hydrogens (tertiary/aromatic N) is 2. The van der Waals surface area contributed by atoms with Crippen LogP contribution in [-0.4, -0.2) is 6.17 Å². The fourth-order valence-electron chi connectivity index (χ4n) is 6.38. The van der Waals surface area contributed by atoms with Crippen molar-refractivity contribution >= 4 is 11.4 Å². The number of benzene rings is 2. The minimum absolute atomic E-state index is 0.118. The van der Waals surface area contributed by atoms with E-state index in [9.17, 15) is 0 Å². The van der Waals surface area contributed by atoms with Crippen molar-refractivity contribution < 1.29 is 0 Å². The lowest BCUT2D eigenvalue weighted by molar-refractivity contribution is 0.254. The molecule has 0 saturated heterocycles. The standard InChI is InChI=1S/C26H32N2/c1-18-12-8-10-16-23(18)27-19(2)25-26(4,21-13-6-5-7-14-21)22-15-9-11-17-24(22)28(25)20(27)3/h8-12,15-17,20-21H,5-7,13-14H2,1-4H3. The Morgan fingerprint density at radius 1 is 0.821 bits per heavy atom. The quantitative estimate of drug-likeness (QED) is 0.575. The van der Waals surface area contributed by atoms with Crippen molar-refractivity contribution in [3.63, 3.8) is 0 Å². The van der Waals surface area contributed by atoms with Gasteiger partial charge in [-0.3, -0.25) is 0 Å². The summed E-state index contributed by atoms with van der Waals surface area (Å²) in [5, 5.41) is 0. The lowest BCUT2D eigenvalue weighted by Crippen LogP contribution is -2.39. The molecule has 0 N–H and O–H groups in total. The Balaban J connectivity index is 1.71. The summed E-state index contributed by atoms with van der Waals surface area (Å²) in [4.78, 5) is 5.22. The molecule has 28 heavy (non-hydrogen) atoms. The van der Waals surface area contributed by atoms with E-state index in [1.165, 1.54) is 54.7 Å². The molecule has 2 heterocycles. The Labute approximate surface area is 169 Å². The van der Waals surface area contributed by atoms with Gasteiger partial charge in [0.25, 0.3) is 0 Å². The van der Waals surface area contributed by atoms with E-state index in [1.807, 2.05) is 0 Å². The van der Waals surface area contributed by atoms with Crippen LogP contribution in [0.15, 0.2) is 59.9 Å². The maximum absolute atomic E-state index is 2.64. The SMILES string of the molecule is CC1=C2N(c3ccccc3C2(C)C2CCCCC2)C(C)N1c1ccccc1C. The van der Waals surface area contributed by atoms with Gasteiger partial charge in [-0.15, -0.1) is 0 Å². The predicted molar refractivity (Wildman–Crippen MR) is 119 cm³/mol. The van der Waals surface area contributed by atoms with Crippen molar-refractivity contribution in [3.05, 3.63) is 71.1 Å². The molecule has 2 aliphatic heterocycles. The van der Waals surface area contributed by atoms with E-state index in [4.69, 9.17) is 0 Å². The smallest absolute Gasteiger partial charge is 0.108 e. The lowest BCUT2D eigenvalue weighted by atomic mass is 9.65. The predicted octanol–water partition coefficient (Wildman–Crippen LogP) is 6.75. The molecule has 2 heteroatoms. The summed E-state index contributed by atoms with van der Waals surface area (Å²) in [5.41, 5.74) is 8.77. The molecule has 0 radical (unpaired) electrons. The van der Waals surface area contributed by atoms with E-state index in [2.05, 4.69) is 86.0 Å². The molecule has 2 nitrogen and oxygen atoms in total. The fraction of sp³-hybridized carbons (Fsp3) is 0.462. The zero-order valence-electron chi connectivity index (χ0n) is 17.7. The van der Waals surface area contributed by atoms with Crippen LogP contribution in [0.25, 0.3) is 0 Å². The topological polar surface area (TPSA) is 6.48 Å². The van der Waals surface area contributed by atoms with E-state index in [-0.39, 0.29) is 5.41 Å². The average Bonchev–Trinajstić information content (AvgIpc) is 3.15. The molecule has 2 unspecified atom stereocenters. The fourth-order valence-corrected chi connectivity index (χ4v) is 6.38. The monoisotopic (exact) mass is 372 g/mol. The molecular weight excluding hydrogens is 340 g/mol. The number of anilines is 2. The van der Waals surface area contributed by atoms with Gasteiger partial charge in [0.1, 0.15) is 6.17 Å². The maximum atomic E-state index is 2.64. The zero-order chi connectivity index (χ0) is 19.5. The zero-order valence-corrected chi connectivity index (χ0v) is 17.7. The first-order valence-corrected chi connectivity index (χ1v) is 11.0. The van der Waals surface area contributed by atoms with Gasteiger partial charge in [0.15, 0.2) is 0 Å². The second kappa shape index (κ2) is 6.40. The Bertz CT molecular complexity index is 937. The summed E-state index contributed by atoms with van der Waals surface area (Å²) in [6.07, 6.45) is 7.18. The third kappa shape index (κ3) is 2.27. The molecule has 1 saturated carbocycles. The van der Waals surface area contributed by atoms with Crippen LogP contribution in [0.1, 0.15) is 64.0 Å². The van der Waals surface area contributed by atoms with Crippen molar-refractivity contribution in [2.75, 3.05) is 9.80 Å². The molecule has 1 aliphatic carbocycles. The highest BCUT2D eigenvalue weighted by molar-refractivity contribution is 5.78. The van der Waals surface area contributed by atoms with Crippen LogP contribution >= 0.6 is 0 Å². The highest BCUT2D eigenvalue weighted by atomic mass is 15.4. The highest BCUT2D eigenvalue weighted by Crippen LogP contribution is 2.59. The molecule has 1 fully saturated rings. The molecule has 0 bridgehead atoms. The summed E-state index contributed by atoms with van der Waals surface area (Å²) in [5.74, 6) is 0.737. The number of hydrogen-bond acceptors (Lipinski definition) is 2. The number of aryl methyl sites for hydroxylation is 1. The van der Waals surface area contributed by atoms with Crippen molar-refractivity contribution in [1.29, 1.82) is 0 Å². The molecular formula is C26H32N2. The Hall–Kier alpha value is -2.22. The first-order valence-electron chi connectivity index (χ1n) is 11.0. The first-order chi connectivity index (χ1) is 13.5. The number of hydrogen-bond donors (Lipinski definition) is 0. The van der Waals surface area contributed by atoms with Crippen molar-refractivity contribution in [2.24, 2.45) is 5.92 Å². The van der Waals surface area contributed by atoms with Crippen LogP contribution in [0.5, 0.6) is 0 Å². The average molecular weight is 373 g/mol. The molecule has 3 aliphatic rings. The van der Waals surface area contributed by atoms with Gasteiger partial charge >= 0.3 is 0 Å². The number of allylic oxidation sites excluding steroid dienone is 2. The number of para-hydroxylation sites is 2. The molecule has 0 aromatic heterocycles. The van der Waals surface area contributed by atoms with E-state index in [1.54, 1.807) is 11.3 Å². The minimum atomic E-state index is 0.118. The summed E-state index contributed by atoms with van der Waals surface area (Å²) < 4.78 is 0. The van der Waals surface area contributed by atoms with Crippen LogP contribution in [0.4, 0.5) is 11.4 Å². The Morgan fingerprint density at radius 2 is 1.46 bits per heavy atom. The Kier molecular flexibility index (Phi) is 4.08. The summed E-state index contributed by atoms with van der Waals surface area (Å²) >= 11 is 0.